The summed E-state index contributed by atoms with van der Waals surface area (Å²) in [6.07, 6.45) is 11.9. The summed E-state index contributed by atoms with van der Waals surface area (Å²) in [5, 5.41) is 3.82. The van der Waals surface area contributed by atoms with Gasteiger partial charge in [0.1, 0.15) is 5.82 Å². The van der Waals surface area contributed by atoms with E-state index >= 15 is 0 Å². The van der Waals surface area contributed by atoms with Crippen molar-refractivity contribution in [2.75, 3.05) is 0 Å². The van der Waals surface area contributed by atoms with Crippen LogP contribution < -0.4 is 0 Å². The van der Waals surface area contributed by atoms with E-state index in [2.05, 4.69) is 42.7 Å². The van der Waals surface area contributed by atoms with Crippen molar-refractivity contribution < 1.29 is 4.39 Å². The number of halogens is 1. The maximum atomic E-state index is 13.1. The quantitative estimate of drug-likeness (QED) is 0.263. The van der Waals surface area contributed by atoms with E-state index < -0.39 is 0 Å². The third-order valence-corrected chi connectivity index (χ3v) is 8.33. The van der Waals surface area contributed by atoms with Gasteiger partial charge in [-0.05, 0) is 85.9 Å². The molecule has 2 saturated carbocycles. The molecule has 0 aliphatic heterocycles. The molecule has 0 heterocycles. The summed E-state index contributed by atoms with van der Waals surface area (Å²) in [6, 6.07) is 15.1. The van der Waals surface area contributed by atoms with E-state index in [1.54, 1.807) is 11.8 Å². The highest BCUT2D eigenvalue weighted by molar-refractivity contribution is 8.15. The van der Waals surface area contributed by atoms with Crippen molar-refractivity contribution >= 4 is 34.3 Å². The van der Waals surface area contributed by atoms with Gasteiger partial charge in [0.2, 0.25) is 0 Å². The van der Waals surface area contributed by atoms with Crippen LogP contribution in [0.5, 0.6) is 0 Å². The number of benzene rings is 2. The first kappa shape index (κ1) is 21.7. The molecule has 2 aromatic carbocycles. The van der Waals surface area contributed by atoms with Gasteiger partial charge in [-0.3, -0.25) is 0 Å². The van der Waals surface area contributed by atoms with Crippen molar-refractivity contribution in [3.8, 4) is 0 Å². The molecule has 0 bridgehead atoms. The van der Waals surface area contributed by atoms with E-state index in [0.717, 1.165) is 27.5 Å². The van der Waals surface area contributed by atoms with Gasteiger partial charge in [-0.1, -0.05) is 55.1 Å². The second-order valence-corrected chi connectivity index (χ2v) is 10.8. The highest BCUT2D eigenvalue weighted by Crippen LogP contribution is 2.44. The van der Waals surface area contributed by atoms with E-state index in [1.807, 2.05) is 23.9 Å². The van der Waals surface area contributed by atoms with Gasteiger partial charge in [0, 0.05) is 10.1 Å². The lowest BCUT2D eigenvalue weighted by atomic mass is 9.71. The average molecular weight is 440 g/mol. The molecule has 158 valence electrons. The number of thioether (sulfide) groups is 2. The molecule has 30 heavy (non-hydrogen) atoms. The number of aliphatic imine (C=N–C) groups is 1. The first-order chi connectivity index (χ1) is 14.7. The van der Waals surface area contributed by atoms with Crippen LogP contribution in [0.4, 0.5) is 10.1 Å². The molecule has 4 heteroatoms. The Kier molecular flexibility index (Phi) is 7.72. The molecular weight excluding hydrogens is 409 g/mol. The zero-order valence-electron chi connectivity index (χ0n) is 17.6. The molecule has 0 saturated heterocycles. The predicted molar refractivity (Wildman–Crippen MR) is 130 cm³/mol. The van der Waals surface area contributed by atoms with Crippen molar-refractivity contribution in [2.45, 2.75) is 62.0 Å². The number of hydrogen-bond acceptors (Lipinski definition) is 3. The Balaban J connectivity index is 1.46. The number of nitrogens with zero attached hydrogens (tertiary/aromatic N) is 1. The minimum Gasteiger partial charge on any atom is -0.242 e. The van der Waals surface area contributed by atoms with E-state index in [9.17, 15) is 4.39 Å². The fourth-order valence-corrected chi connectivity index (χ4v) is 6.62. The second-order valence-electron chi connectivity index (χ2n) is 8.52. The Labute approximate surface area is 188 Å². The SMILES string of the molecule is Cc1ccc(N=C(C=CSc2ccc(F)cc2)SC2CCC3CCCCC3C2)cc1. The third-order valence-electron chi connectivity index (χ3n) is 6.28. The molecule has 0 spiro atoms. The molecule has 1 nitrogen and oxygen atoms in total. The van der Waals surface area contributed by atoms with Crippen molar-refractivity contribution in [3.05, 3.63) is 71.4 Å². The third kappa shape index (κ3) is 6.24. The molecular formula is C26H30FNS2. The number of rotatable bonds is 5. The monoisotopic (exact) mass is 439 g/mol. The Morgan fingerprint density at radius 1 is 0.933 bits per heavy atom. The van der Waals surface area contributed by atoms with E-state index in [1.165, 1.54) is 62.6 Å². The number of fused-ring (bicyclic) bond motifs is 1. The molecule has 4 rings (SSSR count). The second kappa shape index (κ2) is 10.7. The Morgan fingerprint density at radius 3 is 2.43 bits per heavy atom. The lowest BCUT2D eigenvalue weighted by Gasteiger charge is -2.39. The van der Waals surface area contributed by atoms with E-state index in [4.69, 9.17) is 4.99 Å². The first-order valence-corrected chi connectivity index (χ1v) is 12.8. The standard InChI is InChI=1S/C26H30FNS2/c1-19-6-11-23(12-7-19)28-26(16-17-29-24-14-9-22(27)10-15-24)30-25-13-8-20-4-2-3-5-21(20)18-25/h6-7,9-12,14-17,20-21,25H,2-5,8,13,18H2,1H3. The van der Waals surface area contributed by atoms with Crippen LogP contribution in [-0.2, 0) is 0 Å². The van der Waals surface area contributed by atoms with Crippen LogP contribution in [0.3, 0.4) is 0 Å². The summed E-state index contributed by atoms with van der Waals surface area (Å²) in [6.45, 7) is 2.10. The predicted octanol–water partition coefficient (Wildman–Crippen LogP) is 8.56. The molecule has 0 N–H and O–H groups in total. The lowest BCUT2D eigenvalue weighted by Crippen LogP contribution is -2.29. The number of hydrogen-bond donors (Lipinski definition) is 0. The van der Waals surface area contributed by atoms with Crippen molar-refractivity contribution in [1.29, 1.82) is 0 Å². The van der Waals surface area contributed by atoms with Crippen molar-refractivity contribution in [3.63, 3.8) is 0 Å². The van der Waals surface area contributed by atoms with E-state index in [-0.39, 0.29) is 5.82 Å². The number of aryl methyl sites for hydroxylation is 1. The van der Waals surface area contributed by atoms with Gasteiger partial charge in [-0.15, -0.1) is 11.8 Å². The van der Waals surface area contributed by atoms with Crippen LogP contribution in [-0.4, -0.2) is 10.3 Å². The van der Waals surface area contributed by atoms with Crippen LogP contribution >= 0.6 is 23.5 Å². The Bertz CT molecular complexity index is 873. The molecule has 2 aromatic rings. The zero-order chi connectivity index (χ0) is 20.8. The normalized spacial score (nSPS) is 24.7. The van der Waals surface area contributed by atoms with E-state index in [0.29, 0.717) is 5.25 Å². The van der Waals surface area contributed by atoms with Crippen LogP contribution in [0.2, 0.25) is 0 Å². The van der Waals surface area contributed by atoms with Crippen LogP contribution in [0.25, 0.3) is 0 Å². The fraction of sp³-hybridized carbons (Fsp3) is 0.423. The summed E-state index contributed by atoms with van der Waals surface area (Å²) in [7, 11) is 0. The molecule has 2 aliphatic rings. The maximum Gasteiger partial charge on any atom is 0.123 e. The highest BCUT2D eigenvalue weighted by Gasteiger charge is 2.32. The van der Waals surface area contributed by atoms with Gasteiger partial charge in [0.05, 0.1) is 10.7 Å². The van der Waals surface area contributed by atoms with Crippen molar-refractivity contribution in [2.24, 2.45) is 16.8 Å². The van der Waals surface area contributed by atoms with Gasteiger partial charge in [-0.25, -0.2) is 9.38 Å². The van der Waals surface area contributed by atoms with Crippen LogP contribution in [0.15, 0.2) is 69.9 Å². The smallest absolute Gasteiger partial charge is 0.123 e. The zero-order valence-corrected chi connectivity index (χ0v) is 19.2. The molecule has 0 radical (unpaired) electrons. The largest absolute Gasteiger partial charge is 0.242 e. The molecule has 0 amide bonds. The van der Waals surface area contributed by atoms with Gasteiger partial charge in [0.15, 0.2) is 0 Å². The van der Waals surface area contributed by atoms with Crippen LogP contribution in [0, 0.1) is 24.6 Å². The Morgan fingerprint density at radius 2 is 1.67 bits per heavy atom. The summed E-state index contributed by atoms with van der Waals surface area (Å²) in [5.41, 5.74) is 2.26. The fourth-order valence-electron chi connectivity index (χ4n) is 4.64. The van der Waals surface area contributed by atoms with Crippen molar-refractivity contribution in [1.82, 2.24) is 0 Å². The van der Waals surface area contributed by atoms with Gasteiger partial charge >= 0.3 is 0 Å². The average Bonchev–Trinajstić information content (AvgIpc) is 2.76. The molecule has 2 fully saturated rings. The molecule has 0 aromatic heterocycles. The minimum absolute atomic E-state index is 0.196. The maximum absolute atomic E-state index is 13.1. The molecule has 3 unspecified atom stereocenters. The van der Waals surface area contributed by atoms with Crippen LogP contribution in [0.1, 0.15) is 50.5 Å². The highest BCUT2D eigenvalue weighted by atomic mass is 32.2. The van der Waals surface area contributed by atoms with Gasteiger partial charge in [-0.2, -0.15) is 0 Å². The lowest BCUT2D eigenvalue weighted by molar-refractivity contribution is 0.175. The topological polar surface area (TPSA) is 12.4 Å². The summed E-state index contributed by atoms with van der Waals surface area (Å²) in [4.78, 5) is 6.00. The summed E-state index contributed by atoms with van der Waals surface area (Å²) < 4.78 is 13.1. The van der Waals surface area contributed by atoms with Gasteiger partial charge in [0.25, 0.3) is 0 Å². The van der Waals surface area contributed by atoms with Gasteiger partial charge < -0.3 is 0 Å². The molecule has 2 aliphatic carbocycles. The molecule has 3 atom stereocenters. The minimum atomic E-state index is -0.196. The Hall–Kier alpha value is -1.52. The first-order valence-electron chi connectivity index (χ1n) is 11.1. The summed E-state index contributed by atoms with van der Waals surface area (Å²) in [5.74, 6) is 1.69. The summed E-state index contributed by atoms with van der Waals surface area (Å²) >= 11 is 3.56.